The maximum Gasteiger partial charge on any atom is 0.274 e. The number of aromatic nitrogens is 5. The van der Waals surface area contributed by atoms with Crippen LogP contribution in [0.25, 0.3) is 0 Å². The predicted octanol–water partition coefficient (Wildman–Crippen LogP) is 1.28. The minimum absolute atomic E-state index is 0.0446. The number of amides is 2. The zero-order valence-corrected chi connectivity index (χ0v) is 17.5. The molecule has 1 aliphatic carbocycles. The summed E-state index contributed by atoms with van der Waals surface area (Å²) in [6.45, 7) is 6.87. The quantitative estimate of drug-likeness (QED) is 0.805. The van der Waals surface area contributed by atoms with Gasteiger partial charge in [0.15, 0.2) is 0 Å². The molecule has 2 aromatic heterocycles. The van der Waals surface area contributed by atoms with E-state index in [1.165, 1.54) is 0 Å². The van der Waals surface area contributed by atoms with Crippen molar-refractivity contribution in [3.8, 4) is 0 Å². The second-order valence-electron chi connectivity index (χ2n) is 9.30. The molecule has 9 heteroatoms. The normalized spacial score (nSPS) is 23.8. The third-order valence-electron chi connectivity index (χ3n) is 6.13. The van der Waals surface area contributed by atoms with Gasteiger partial charge in [0.25, 0.3) is 5.91 Å². The number of carbonyl (C=O) groups is 2. The number of fused-ring (bicyclic) bond motifs is 1. The molecule has 3 heterocycles. The van der Waals surface area contributed by atoms with Gasteiger partial charge in [0.1, 0.15) is 17.8 Å². The maximum atomic E-state index is 12.7. The fourth-order valence-corrected chi connectivity index (χ4v) is 3.97. The average molecular weight is 399 g/mol. The van der Waals surface area contributed by atoms with Gasteiger partial charge >= 0.3 is 0 Å². The van der Waals surface area contributed by atoms with E-state index in [0.29, 0.717) is 12.2 Å². The van der Waals surface area contributed by atoms with E-state index in [0.717, 1.165) is 37.2 Å². The highest BCUT2D eigenvalue weighted by molar-refractivity contribution is 5.92. The van der Waals surface area contributed by atoms with Crippen LogP contribution < -0.4 is 5.32 Å². The van der Waals surface area contributed by atoms with Crippen molar-refractivity contribution in [3.63, 3.8) is 0 Å². The molecule has 0 saturated heterocycles. The van der Waals surface area contributed by atoms with E-state index in [2.05, 4.69) is 46.5 Å². The minimum Gasteiger partial charge on any atom is -0.353 e. The molecule has 4 rings (SSSR count). The van der Waals surface area contributed by atoms with E-state index in [4.69, 9.17) is 0 Å². The molecule has 2 aliphatic rings. The number of hydrogen-bond acceptors (Lipinski definition) is 5. The molecule has 1 atom stereocenters. The van der Waals surface area contributed by atoms with Gasteiger partial charge in [-0.25, -0.2) is 0 Å². The first-order chi connectivity index (χ1) is 13.7. The summed E-state index contributed by atoms with van der Waals surface area (Å²) >= 11 is 0. The van der Waals surface area contributed by atoms with Gasteiger partial charge in [-0.1, -0.05) is 20.8 Å². The van der Waals surface area contributed by atoms with Gasteiger partial charge < -0.3 is 14.8 Å². The van der Waals surface area contributed by atoms with Crippen molar-refractivity contribution in [1.82, 2.24) is 35.2 Å². The number of nitrogens with one attached hydrogen (secondary N) is 2. The first-order valence-electron chi connectivity index (χ1n) is 10.2. The van der Waals surface area contributed by atoms with Gasteiger partial charge in [-0.2, -0.15) is 5.10 Å². The summed E-state index contributed by atoms with van der Waals surface area (Å²) in [7, 11) is 1.81. The van der Waals surface area contributed by atoms with Gasteiger partial charge in [0, 0.05) is 43.2 Å². The van der Waals surface area contributed by atoms with E-state index in [-0.39, 0.29) is 35.2 Å². The van der Waals surface area contributed by atoms with Crippen LogP contribution in [0.5, 0.6) is 0 Å². The first kappa shape index (κ1) is 19.6. The first-order valence-corrected chi connectivity index (χ1v) is 10.2. The van der Waals surface area contributed by atoms with Crippen molar-refractivity contribution >= 4 is 11.8 Å². The topological polar surface area (TPSA) is 109 Å². The standard InChI is InChI=1S/C20H29N7O2/c1-20(2,3)16-9-15(23-24-16)19(29)26(4)14-7-13(8-14)22-18(28)12-5-6-17-25-21-11-27(17)10-12/h9,11-14H,5-8,10H2,1-4H3,(H,22,28)(H,23,24). The highest BCUT2D eigenvalue weighted by atomic mass is 16.2. The predicted molar refractivity (Wildman–Crippen MR) is 106 cm³/mol. The Kier molecular flexibility index (Phi) is 4.92. The van der Waals surface area contributed by atoms with Crippen molar-refractivity contribution in [2.75, 3.05) is 7.05 Å². The van der Waals surface area contributed by atoms with Gasteiger partial charge in [0.05, 0.1) is 5.92 Å². The Morgan fingerprint density at radius 1 is 1.31 bits per heavy atom. The molecule has 2 N–H and O–H groups in total. The minimum atomic E-state index is -0.0843. The summed E-state index contributed by atoms with van der Waals surface area (Å²) in [6, 6.07) is 2.08. The molecule has 1 fully saturated rings. The summed E-state index contributed by atoms with van der Waals surface area (Å²) in [6.07, 6.45) is 4.82. The molecule has 0 spiro atoms. The Morgan fingerprint density at radius 3 is 2.76 bits per heavy atom. The Bertz CT molecular complexity index is 904. The molecule has 1 unspecified atom stereocenters. The molecule has 9 nitrogen and oxygen atoms in total. The number of H-pyrrole nitrogens is 1. The monoisotopic (exact) mass is 399 g/mol. The number of hydrogen-bond donors (Lipinski definition) is 2. The van der Waals surface area contributed by atoms with Crippen LogP contribution in [0.3, 0.4) is 0 Å². The lowest BCUT2D eigenvalue weighted by Gasteiger charge is -2.41. The van der Waals surface area contributed by atoms with Crippen LogP contribution >= 0.6 is 0 Å². The van der Waals surface area contributed by atoms with Crippen molar-refractivity contribution in [1.29, 1.82) is 0 Å². The highest BCUT2D eigenvalue weighted by Crippen LogP contribution is 2.28. The van der Waals surface area contributed by atoms with Crippen LogP contribution in [0, 0.1) is 5.92 Å². The number of aryl methyl sites for hydroxylation is 1. The SMILES string of the molecule is CN(C(=O)c1cc(C(C)(C)C)[nH]n1)C1CC(NC(=O)C2CCc3nncn3C2)C1. The van der Waals surface area contributed by atoms with Crippen LogP contribution in [0.4, 0.5) is 0 Å². The molecule has 0 aromatic carbocycles. The van der Waals surface area contributed by atoms with Gasteiger partial charge in [-0.05, 0) is 25.3 Å². The Hall–Kier alpha value is -2.71. The molecular formula is C20H29N7O2. The van der Waals surface area contributed by atoms with E-state index in [1.807, 2.05) is 17.7 Å². The lowest BCUT2D eigenvalue weighted by molar-refractivity contribution is -0.127. The summed E-state index contributed by atoms with van der Waals surface area (Å²) in [4.78, 5) is 27.1. The van der Waals surface area contributed by atoms with Crippen LogP contribution in [0.1, 0.15) is 62.0 Å². The third kappa shape index (κ3) is 3.90. The van der Waals surface area contributed by atoms with Crippen LogP contribution in [0.2, 0.25) is 0 Å². The van der Waals surface area contributed by atoms with E-state index in [1.54, 1.807) is 11.2 Å². The van der Waals surface area contributed by atoms with Crippen molar-refractivity contribution in [2.24, 2.45) is 5.92 Å². The molecule has 29 heavy (non-hydrogen) atoms. The van der Waals surface area contributed by atoms with Crippen LogP contribution in [-0.4, -0.2) is 60.8 Å². The zero-order valence-electron chi connectivity index (χ0n) is 17.5. The Balaban J connectivity index is 1.27. The summed E-state index contributed by atoms with van der Waals surface area (Å²) < 4.78 is 1.96. The Morgan fingerprint density at radius 2 is 2.07 bits per heavy atom. The largest absolute Gasteiger partial charge is 0.353 e. The Labute approximate surface area is 170 Å². The van der Waals surface area contributed by atoms with E-state index in [9.17, 15) is 9.59 Å². The fourth-order valence-electron chi connectivity index (χ4n) is 3.97. The lowest BCUT2D eigenvalue weighted by Crippen LogP contribution is -2.55. The van der Waals surface area contributed by atoms with Crippen molar-refractivity contribution in [3.05, 3.63) is 29.6 Å². The van der Waals surface area contributed by atoms with Crippen molar-refractivity contribution < 1.29 is 9.59 Å². The van der Waals surface area contributed by atoms with Gasteiger partial charge in [0.2, 0.25) is 5.91 Å². The maximum absolute atomic E-state index is 12.7. The fraction of sp³-hybridized carbons (Fsp3) is 0.650. The second kappa shape index (κ2) is 7.27. The lowest BCUT2D eigenvalue weighted by atomic mass is 9.84. The van der Waals surface area contributed by atoms with E-state index >= 15 is 0 Å². The van der Waals surface area contributed by atoms with Gasteiger partial charge in [-0.3, -0.25) is 14.7 Å². The summed E-state index contributed by atoms with van der Waals surface area (Å²) in [5, 5.41) is 18.3. The summed E-state index contributed by atoms with van der Waals surface area (Å²) in [5.41, 5.74) is 1.30. The molecule has 1 saturated carbocycles. The number of carbonyl (C=O) groups excluding carboxylic acids is 2. The molecule has 0 radical (unpaired) electrons. The molecule has 0 bridgehead atoms. The highest BCUT2D eigenvalue weighted by Gasteiger charge is 2.37. The molecular weight excluding hydrogens is 370 g/mol. The van der Waals surface area contributed by atoms with Crippen LogP contribution in [0.15, 0.2) is 12.4 Å². The molecule has 2 amide bonds. The second-order valence-corrected chi connectivity index (χ2v) is 9.30. The molecule has 156 valence electrons. The van der Waals surface area contributed by atoms with Crippen molar-refractivity contribution in [2.45, 2.75) is 70.5 Å². The number of aromatic amines is 1. The third-order valence-corrected chi connectivity index (χ3v) is 6.13. The van der Waals surface area contributed by atoms with Gasteiger partial charge in [-0.15, -0.1) is 10.2 Å². The molecule has 1 aliphatic heterocycles. The summed E-state index contributed by atoms with van der Waals surface area (Å²) in [5.74, 6) is 0.908. The molecule has 2 aromatic rings. The smallest absolute Gasteiger partial charge is 0.274 e. The van der Waals surface area contributed by atoms with Crippen LogP contribution in [-0.2, 0) is 23.2 Å². The van der Waals surface area contributed by atoms with E-state index < -0.39 is 0 Å². The average Bonchev–Trinajstić information content (AvgIpc) is 3.31. The zero-order chi connectivity index (χ0) is 20.8. The number of rotatable bonds is 4. The number of nitrogens with zero attached hydrogens (tertiary/aromatic N) is 5.